The van der Waals surface area contributed by atoms with E-state index in [-0.39, 0.29) is 11.7 Å². The van der Waals surface area contributed by atoms with Gasteiger partial charge in [-0.3, -0.25) is 4.79 Å². The molecule has 0 unspecified atom stereocenters. The number of β-amino-alcohol motifs (C(OH)–C–C–N with tert-alkyl or cyclic N) is 1. The van der Waals surface area contributed by atoms with E-state index in [0.29, 0.717) is 18.7 Å². The summed E-state index contributed by atoms with van der Waals surface area (Å²) in [7, 11) is 0. The molecule has 1 amide bonds. The van der Waals surface area contributed by atoms with Crippen LogP contribution >= 0.6 is 0 Å². The Morgan fingerprint density at radius 3 is 2.59 bits per heavy atom. The van der Waals surface area contributed by atoms with Gasteiger partial charge in [-0.2, -0.15) is 0 Å². The number of aromatic nitrogens is 3. The second-order valence-corrected chi connectivity index (χ2v) is 8.07. The molecule has 1 N–H and O–H groups in total. The van der Waals surface area contributed by atoms with Crippen molar-refractivity contribution in [3.63, 3.8) is 0 Å². The van der Waals surface area contributed by atoms with Crippen molar-refractivity contribution in [1.82, 2.24) is 19.9 Å². The van der Waals surface area contributed by atoms with Crippen LogP contribution in [0.25, 0.3) is 16.9 Å². The van der Waals surface area contributed by atoms with Crippen LogP contribution in [0.3, 0.4) is 0 Å². The van der Waals surface area contributed by atoms with Gasteiger partial charge in [0.15, 0.2) is 0 Å². The van der Waals surface area contributed by atoms with Crippen LogP contribution in [0.5, 0.6) is 0 Å². The van der Waals surface area contributed by atoms with Crippen LogP contribution in [0.15, 0.2) is 42.5 Å². The quantitative estimate of drug-likeness (QED) is 0.738. The van der Waals surface area contributed by atoms with Gasteiger partial charge in [0.1, 0.15) is 11.5 Å². The van der Waals surface area contributed by atoms with Crippen LogP contribution in [-0.4, -0.2) is 49.6 Å². The van der Waals surface area contributed by atoms with Crippen LogP contribution in [0.1, 0.15) is 35.5 Å². The van der Waals surface area contributed by atoms with Gasteiger partial charge in [-0.25, -0.2) is 9.07 Å². The molecular formula is C22H23FN4O2. The lowest BCUT2D eigenvalue weighted by molar-refractivity contribution is 0.0288. The second-order valence-electron chi connectivity index (χ2n) is 8.07. The van der Waals surface area contributed by atoms with Gasteiger partial charge in [-0.1, -0.05) is 11.3 Å². The van der Waals surface area contributed by atoms with E-state index in [4.69, 9.17) is 0 Å². The van der Waals surface area contributed by atoms with Gasteiger partial charge < -0.3 is 10.0 Å². The number of halogens is 1. The zero-order valence-corrected chi connectivity index (χ0v) is 16.7. The molecule has 0 atom stereocenters. The zero-order valence-electron chi connectivity index (χ0n) is 16.7. The van der Waals surface area contributed by atoms with Gasteiger partial charge >= 0.3 is 0 Å². The minimum atomic E-state index is -0.928. The molecule has 3 aromatic rings. The van der Waals surface area contributed by atoms with E-state index < -0.39 is 5.60 Å². The molecule has 150 valence electrons. The molecule has 0 spiro atoms. The highest BCUT2D eigenvalue weighted by Crippen LogP contribution is 2.28. The van der Waals surface area contributed by atoms with E-state index in [0.717, 1.165) is 34.6 Å². The molecule has 0 radical (unpaired) electrons. The molecule has 0 saturated carbocycles. The number of carbonyl (C=O) groups is 1. The topological polar surface area (TPSA) is 71.2 Å². The van der Waals surface area contributed by atoms with Crippen LogP contribution in [-0.2, 0) is 6.42 Å². The van der Waals surface area contributed by atoms with Gasteiger partial charge in [0.05, 0.1) is 17.0 Å². The Morgan fingerprint density at radius 2 is 1.90 bits per heavy atom. The average molecular weight is 394 g/mol. The van der Waals surface area contributed by atoms with E-state index in [1.165, 1.54) is 12.1 Å². The number of fused-ring (bicyclic) bond motifs is 1. The highest BCUT2D eigenvalue weighted by atomic mass is 19.1. The Bertz CT molecular complexity index is 1070. The smallest absolute Gasteiger partial charge is 0.254 e. The van der Waals surface area contributed by atoms with E-state index in [2.05, 4.69) is 10.3 Å². The fraction of sp³-hybridized carbons (Fsp3) is 0.318. The summed E-state index contributed by atoms with van der Waals surface area (Å²) in [6.07, 6.45) is 0.718. The number of aliphatic hydroxyl groups is 1. The fourth-order valence-electron chi connectivity index (χ4n) is 3.73. The SMILES string of the molecule is Cc1c(-c2ccc3c(c2)CCN(CC(C)(C)O)C3=O)nnn1-c1ccc(F)cc1. The molecule has 1 aliphatic heterocycles. The lowest BCUT2D eigenvalue weighted by Gasteiger charge is -2.33. The van der Waals surface area contributed by atoms with Gasteiger partial charge in [0.2, 0.25) is 0 Å². The lowest BCUT2D eigenvalue weighted by Crippen LogP contribution is -2.45. The molecule has 0 bridgehead atoms. The molecule has 1 aromatic heterocycles. The summed E-state index contributed by atoms with van der Waals surface area (Å²) in [4.78, 5) is 14.5. The van der Waals surface area contributed by atoms with Crippen molar-refractivity contribution in [1.29, 1.82) is 0 Å². The van der Waals surface area contributed by atoms with Crippen molar-refractivity contribution in [2.24, 2.45) is 0 Å². The zero-order chi connectivity index (χ0) is 20.8. The second kappa shape index (κ2) is 7.08. The summed E-state index contributed by atoms with van der Waals surface area (Å²) in [5, 5.41) is 18.6. The maximum atomic E-state index is 13.2. The molecule has 6 nitrogen and oxygen atoms in total. The molecule has 29 heavy (non-hydrogen) atoms. The average Bonchev–Trinajstić information content (AvgIpc) is 3.05. The van der Waals surface area contributed by atoms with E-state index in [9.17, 15) is 14.3 Å². The molecule has 0 fully saturated rings. The van der Waals surface area contributed by atoms with Crippen molar-refractivity contribution in [3.05, 3.63) is 65.1 Å². The number of carbonyl (C=O) groups excluding carboxylic acids is 1. The fourth-order valence-corrected chi connectivity index (χ4v) is 3.73. The first kappa shape index (κ1) is 19.3. The third-order valence-corrected chi connectivity index (χ3v) is 5.09. The van der Waals surface area contributed by atoms with Crippen molar-refractivity contribution >= 4 is 5.91 Å². The Balaban J connectivity index is 1.64. The summed E-state index contributed by atoms with van der Waals surface area (Å²) in [6.45, 7) is 6.19. The largest absolute Gasteiger partial charge is 0.389 e. The minimum absolute atomic E-state index is 0.0633. The van der Waals surface area contributed by atoms with E-state index >= 15 is 0 Å². The number of hydrogen-bond donors (Lipinski definition) is 1. The van der Waals surface area contributed by atoms with Crippen molar-refractivity contribution in [2.75, 3.05) is 13.1 Å². The van der Waals surface area contributed by atoms with Crippen molar-refractivity contribution in [3.8, 4) is 16.9 Å². The standard InChI is InChI=1S/C22H23FN4O2/c1-14-20(24-25-27(14)18-7-5-17(23)6-8-18)16-4-9-19-15(12-16)10-11-26(21(19)28)13-22(2,3)29/h4-9,12,29H,10-11,13H2,1-3H3. The Kier molecular flexibility index (Phi) is 4.70. The third-order valence-electron chi connectivity index (χ3n) is 5.09. The third kappa shape index (κ3) is 3.78. The van der Waals surface area contributed by atoms with Gasteiger partial charge in [-0.15, -0.1) is 5.10 Å². The number of amides is 1. The lowest BCUT2D eigenvalue weighted by atomic mass is 9.94. The first-order chi connectivity index (χ1) is 13.7. The Hall–Kier alpha value is -3.06. The Labute approximate surface area is 168 Å². The van der Waals surface area contributed by atoms with Crippen LogP contribution in [0.4, 0.5) is 4.39 Å². The first-order valence-electron chi connectivity index (χ1n) is 9.56. The van der Waals surface area contributed by atoms with Crippen LogP contribution in [0, 0.1) is 12.7 Å². The van der Waals surface area contributed by atoms with Gasteiger partial charge in [-0.05, 0) is 69.2 Å². The summed E-state index contributed by atoms with van der Waals surface area (Å²) >= 11 is 0. The molecule has 7 heteroatoms. The summed E-state index contributed by atoms with van der Waals surface area (Å²) in [5.74, 6) is -0.365. The maximum Gasteiger partial charge on any atom is 0.254 e. The summed E-state index contributed by atoms with van der Waals surface area (Å²) in [5.41, 5.74) is 3.88. The minimum Gasteiger partial charge on any atom is -0.389 e. The predicted molar refractivity (Wildman–Crippen MR) is 107 cm³/mol. The summed E-state index contributed by atoms with van der Waals surface area (Å²) < 4.78 is 14.9. The van der Waals surface area contributed by atoms with Crippen molar-refractivity contribution in [2.45, 2.75) is 32.8 Å². The molecule has 0 saturated heterocycles. The van der Waals surface area contributed by atoms with Gasteiger partial charge in [0, 0.05) is 24.2 Å². The van der Waals surface area contributed by atoms with Crippen LogP contribution < -0.4 is 0 Å². The monoisotopic (exact) mass is 394 g/mol. The molecule has 0 aliphatic carbocycles. The van der Waals surface area contributed by atoms with Crippen LogP contribution in [0.2, 0.25) is 0 Å². The maximum absolute atomic E-state index is 13.2. The number of rotatable bonds is 4. The highest BCUT2D eigenvalue weighted by Gasteiger charge is 2.29. The van der Waals surface area contributed by atoms with Gasteiger partial charge in [0.25, 0.3) is 5.91 Å². The molecule has 1 aliphatic rings. The summed E-state index contributed by atoms with van der Waals surface area (Å²) in [6, 6.07) is 11.8. The predicted octanol–water partition coefficient (Wildman–Crippen LogP) is 3.15. The molecule has 4 rings (SSSR count). The number of hydrogen-bond acceptors (Lipinski definition) is 4. The molecule has 2 heterocycles. The highest BCUT2D eigenvalue weighted by molar-refractivity contribution is 5.97. The normalized spacial score (nSPS) is 14.2. The van der Waals surface area contributed by atoms with Crippen molar-refractivity contribution < 1.29 is 14.3 Å². The van der Waals surface area contributed by atoms with E-state index in [1.54, 1.807) is 35.6 Å². The molecular weight excluding hydrogens is 371 g/mol. The Morgan fingerprint density at radius 1 is 1.17 bits per heavy atom. The number of benzene rings is 2. The molecule has 2 aromatic carbocycles. The first-order valence-corrected chi connectivity index (χ1v) is 9.56. The van der Waals surface area contributed by atoms with E-state index in [1.807, 2.05) is 25.1 Å². The number of nitrogens with zero attached hydrogens (tertiary/aromatic N) is 4.